The third-order valence-corrected chi connectivity index (χ3v) is 5.29. The van der Waals surface area contributed by atoms with E-state index >= 15 is 0 Å². The molecule has 0 bridgehead atoms. The number of Topliss-reactive ketones (excluding diaryl/α,β-unsaturated/α-hetero) is 1. The number of aliphatic hydroxyl groups is 1. The van der Waals surface area contributed by atoms with Gasteiger partial charge in [0.05, 0.1) is 11.6 Å². The second-order valence-electron chi connectivity index (χ2n) is 10.4. The van der Waals surface area contributed by atoms with Crippen molar-refractivity contribution in [1.29, 1.82) is 0 Å². The summed E-state index contributed by atoms with van der Waals surface area (Å²) in [6.07, 6.45) is 0. The first kappa shape index (κ1) is 23.6. The minimum absolute atomic E-state index is 0.167. The van der Waals surface area contributed by atoms with Crippen LogP contribution in [0.15, 0.2) is 59.9 Å². The zero-order chi connectivity index (χ0) is 23.8. The summed E-state index contributed by atoms with van der Waals surface area (Å²) in [7, 11) is 0. The van der Waals surface area contributed by atoms with Gasteiger partial charge in [-0.05, 0) is 51.0 Å². The molecule has 0 aliphatic carbocycles. The molecule has 1 aliphatic rings. The fourth-order valence-corrected chi connectivity index (χ4v) is 3.85. The van der Waals surface area contributed by atoms with Crippen molar-refractivity contribution < 1.29 is 19.4 Å². The predicted molar refractivity (Wildman–Crippen MR) is 125 cm³/mol. The molecule has 0 spiro atoms. The van der Waals surface area contributed by atoms with Crippen LogP contribution < -0.4 is 4.74 Å². The molecular formula is C27H33NO4. The van der Waals surface area contributed by atoms with Crippen LogP contribution in [0.5, 0.6) is 5.75 Å². The molecule has 5 heteroatoms. The molecule has 1 amide bonds. The molecule has 1 heterocycles. The lowest BCUT2D eigenvalue weighted by Crippen LogP contribution is -2.32. The highest BCUT2D eigenvalue weighted by Crippen LogP contribution is 2.41. The highest BCUT2D eigenvalue weighted by molar-refractivity contribution is 6.10. The standard InChI is InChI=1S/C27H33NO4/c1-17-9-8-10-19(15-17)22-21(24(30)26(2,3)4)23(29)25(31)28(22)16-18-11-13-20(14-12-18)32-27(5,6)7/h8-15,22,29H,16H2,1-7H3. The van der Waals surface area contributed by atoms with Crippen LogP contribution in [0.3, 0.4) is 0 Å². The summed E-state index contributed by atoms with van der Waals surface area (Å²) in [6.45, 7) is 13.6. The Bertz CT molecular complexity index is 1050. The first-order valence-electron chi connectivity index (χ1n) is 10.9. The minimum Gasteiger partial charge on any atom is -0.503 e. The third kappa shape index (κ3) is 5.04. The molecule has 1 unspecified atom stereocenters. The van der Waals surface area contributed by atoms with Crippen molar-refractivity contribution in [3.8, 4) is 5.75 Å². The van der Waals surface area contributed by atoms with Gasteiger partial charge in [0.15, 0.2) is 11.5 Å². The van der Waals surface area contributed by atoms with Gasteiger partial charge in [0.2, 0.25) is 0 Å². The number of ether oxygens (including phenoxy) is 1. The summed E-state index contributed by atoms with van der Waals surface area (Å²) in [4.78, 5) is 27.9. The number of benzene rings is 2. The summed E-state index contributed by atoms with van der Waals surface area (Å²) < 4.78 is 5.88. The van der Waals surface area contributed by atoms with E-state index in [2.05, 4.69) is 0 Å². The third-order valence-electron chi connectivity index (χ3n) is 5.29. The number of nitrogens with zero attached hydrogens (tertiary/aromatic N) is 1. The van der Waals surface area contributed by atoms with Gasteiger partial charge in [-0.1, -0.05) is 62.7 Å². The van der Waals surface area contributed by atoms with E-state index in [4.69, 9.17) is 4.74 Å². The van der Waals surface area contributed by atoms with E-state index in [9.17, 15) is 14.7 Å². The van der Waals surface area contributed by atoms with E-state index in [1.165, 1.54) is 0 Å². The summed E-state index contributed by atoms with van der Waals surface area (Å²) in [5.74, 6) is -0.469. The monoisotopic (exact) mass is 435 g/mol. The zero-order valence-corrected chi connectivity index (χ0v) is 20.0. The Morgan fingerprint density at radius 2 is 1.66 bits per heavy atom. The summed E-state index contributed by atoms with van der Waals surface area (Å²) in [6, 6.07) is 14.6. The Balaban J connectivity index is 1.99. The van der Waals surface area contributed by atoms with Crippen LogP contribution >= 0.6 is 0 Å². The van der Waals surface area contributed by atoms with E-state index in [0.717, 1.165) is 22.4 Å². The lowest BCUT2D eigenvalue weighted by atomic mass is 9.82. The topological polar surface area (TPSA) is 66.8 Å². The Hall–Kier alpha value is -3.08. The Kier molecular flexibility index (Phi) is 6.23. The Labute approximate surface area is 190 Å². The Morgan fingerprint density at radius 3 is 2.19 bits per heavy atom. The molecule has 1 atom stereocenters. The van der Waals surface area contributed by atoms with Crippen molar-refractivity contribution in [2.45, 2.75) is 66.7 Å². The van der Waals surface area contributed by atoms with E-state index < -0.39 is 23.1 Å². The number of rotatable bonds is 5. The van der Waals surface area contributed by atoms with Gasteiger partial charge in [-0.15, -0.1) is 0 Å². The molecule has 32 heavy (non-hydrogen) atoms. The highest BCUT2D eigenvalue weighted by atomic mass is 16.5. The fourth-order valence-electron chi connectivity index (χ4n) is 3.85. The van der Waals surface area contributed by atoms with E-state index in [1.807, 2.05) is 76.2 Å². The minimum atomic E-state index is -0.729. The van der Waals surface area contributed by atoms with Crippen LogP contribution in [0.4, 0.5) is 0 Å². The van der Waals surface area contributed by atoms with Crippen molar-refractivity contribution in [3.05, 3.63) is 76.6 Å². The molecule has 3 rings (SSSR count). The molecule has 0 fully saturated rings. The molecule has 0 saturated carbocycles. The molecule has 0 aromatic heterocycles. The molecule has 1 N–H and O–H groups in total. The average molecular weight is 436 g/mol. The predicted octanol–water partition coefficient (Wildman–Crippen LogP) is 5.68. The average Bonchev–Trinajstić information content (AvgIpc) is 2.92. The first-order valence-corrected chi connectivity index (χ1v) is 10.9. The first-order chi connectivity index (χ1) is 14.8. The summed E-state index contributed by atoms with van der Waals surface area (Å²) >= 11 is 0. The number of hydrogen-bond acceptors (Lipinski definition) is 4. The summed E-state index contributed by atoms with van der Waals surface area (Å²) in [5.41, 5.74) is 1.85. The van der Waals surface area contributed by atoms with Crippen LogP contribution in [-0.4, -0.2) is 27.3 Å². The SMILES string of the molecule is Cc1cccc(C2C(C(=O)C(C)(C)C)=C(O)C(=O)N2Cc2ccc(OC(C)(C)C)cc2)c1. The largest absolute Gasteiger partial charge is 0.503 e. The van der Waals surface area contributed by atoms with Crippen LogP contribution in [0.1, 0.15) is 64.3 Å². The maximum Gasteiger partial charge on any atom is 0.290 e. The van der Waals surface area contributed by atoms with Crippen LogP contribution in [-0.2, 0) is 16.1 Å². The highest BCUT2D eigenvalue weighted by Gasteiger charge is 2.45. The van der Waals surface area contributed by atoms with E-state index in [0.29, 0.717) is 0 Å². The molecule has 1 aliphatic heterocycles. The van der Waals surface area contributed by atoms with Crippen molar-refractivity contribution in [2.75, 3.05) is 0 Å². The van der Waals surface area contributed by atoms with Gasteiger partial charge in [-0.3, -0.25) is 9.59 Å². The second-order valence-corrected chi connectivity index (χ2v) is 10.4. The lowest BCUT2D eigenvalue weighted by Gasteiger charge is -2.29. The van der Waals surface area contributed by atoms with Crippen LogP contribution in [0, 0.1) is 12.3 Å². The van der Waals surface area contributed by atoms with Gasteiger partial charge < -0.3 is 14.7 Å². The maximum absolute atomic E-state index is 13.3. The molecule has 2 aromatic rings. The van der Waals surface area contributed by atoms with Gasteiger partial charge in [0, 0.05) is 12.0 Å². The van der Waals surface area contributed by atoms with Crippen LogP contribution in [0.2, 0.25) is 0 Å². The number of amides is 1. The van der Waals surface area contributed by atoms with Crippen LogP contribution in [0.25, 0.3) is 0 Å². The van der Waals surface area contributed by atoms with Gasteiger partial charge in [0.25, 0.3) is 5.91 Å². The molecule has 0 radical (unpaired) electrons. The number of aryl methyl sites for hydroxylation is 1. The van der Waals surface area contributed by atoms with Crippen molar-refractivity contribution in [2.24, 2.45) is 5.41 Å². The number of aliphatic hydroxyl groups excluding tert-OH is 1. The molecule has 5 nitrogen and oxygen atoms in total. The van der Waals surface area contributed by atoms with E-state index in [-0.39, 0.29) is 23.5 Å². The van der Waals surface area contributed by atoms with Gasteiger partial charge in [-0.25, -0.2) is 0 Å². The lowest BCUT2D eigenvalue weighted by molar-refractivity contribution is -0.130. The smallest absolute Gasteiger partial charge is 0.290 e. The second kappa shape index (κ2) is 8.45. The number of hydrogen-bond donors (Lipinski definition) is 1. The van der Waals surface area contributed by atoms with E-state index in [1.54, 1.807) is 25.7 Å². The molecular weight excluding hydrogens is 402 g/mol. The van der Waals surface area contributed by atoms with Crippen molar-refractivity contribution in [1.82, 2.24) is 4.90 Å². The number of carbonyl (C=O) groups is 2. The maximum atomic E-state index is 13.3. The molecule has 0 saturated heterocycles. The normalized spacial score (nSPS) is 17.2. The van der Waals surface area contributed by atoms with Crippen molar-refractivity contribution in [3.63, 3.8) is 0 Å². The fraction of sp³-hybridized carbons (Fsp3) is 0.407. The zero-order valence-electron chi connectivity index (χ0n) is 20.0. The van der Waals surface area contributed by atoms with Crippen molar-refractivity contribution >= 4 is 11.7 Å². The quantitative estimate of drug-likeness (QED) is 0.656. The molecule has 2 aromatic carbocycles. The summed E-state index contributed by atoms with van der Waals surface area (Å²) in [5, 5.41) is 10.8. The Morgan fingerprint density at radius 1 is 1.03 bits per heavy atom. The number of carbonyl (C=O) groups excluding carboxylic acids is 2. The molecule has 170 valence electrons. The van der Waals surface area contributed by atoms with Gasteiger partial charge in [0.1, 0.15) is 11.4 Å². The van der Waals surface area contributed by atoms with Gasteiger partial charge >= 0.3 is 0 Å². The number of ketones is 1. The van der Waals surface area contributed by atoms with Gasteiger partial charge in [-0.2, -0.15) is 0 Å².